The number of anilines is 1. The molecule has 0 aromatic heterocycles. The van der Waals surface area contributed by atoms with Crippen LogP contribution < -0.4 is 14.8 Å². The summed E-state index contributed by atoms with van der Waals surface area (Å²) in [6.45, 7) is 3.96. The number of halogens is 1. The first-order valence-corrected chi connectivity index (χ1v) is 8.60. The molecular formula is C20H19BrN2O3. The van der Waals surface area contributed by atoms with E-state index >= 15 is 0 Å². The van der Waals surface area contributed by atoms with Gasteiger partial charge in [0.1, 0.15) is 23.1 Å². The third-order valence-corrected chi connectivity index (χ3v) is 4.55. The molecule has 0 bridgehead atoms. The number of ether oxygens (including phenoxy) is 2. The smallest absolute Gasteiger partial charge is 0.266 e. The SMILES string of the molecule is COc1cc(OC)c(/C=C(\C#N)C(=O)Nc2ccc(C)c(C)c2)cc1Br. The molecule has 26 heavy (non-hydrogen) atoms. The fourth-order valence-electron chi connectivity index (χ4n) is 2.32. The van der Waals surface area contributed by atoms with Crippen molar-refractivity contribution in [1.29, 1.82) is 5.26 Å². The minimum atomic E-state index is -0.482. The lowest BCUT2D eigenvalue weighted by atomic mass is 10.1. The molecule has 1 amide bonds. The first kappa shape index (κ1) is 19.5. The van der Waals surface area contributed by atoms with Crippen molar-refractivity contribution < 1.29 is 14.3 Å². The number of amides is 1. The zero-order valence-electron chi connectivity index (χ0n) is 15.0. The van der Waals surface area contributed by atoms with E-state index in [4.69, 9.17) is 9.47 Å². The molecule has 0 aliphatic heterocycles. The lowest BCUT2D eigenvalue weighted by molar-refractivity contribution is -0.112. The van der Waals surface area contributed by atoms with Crippen LogP contribution in [0.2, 0.25) is 0 Å². The Morgan fingerprint density at radius 2 is 1.81 bits per heavy atom. The van der Waals surface area contributed by atoms with Crippen LogP contribution in [0.15, 0.2) is 40.4 Å². The van der Waals surface area contributed by atoms with Gasteiger partial charge in [-0.1, -0.05) is 6.07 Å². The largest absolute Gasteiger partial charge is 0.496 e. The van der Waals surface area contributed by atoms with Gasteiger partial charge in [-0.15, -0.1) is 0 Å². The van der Waals surface area contributed by atoms with E-state index < -0.39 is 5.91 Å². The maximum atomic E-state index is 12.5. The van der Waals surface area contributed by atoms with Crippen molar-refractivity contribution in [3.05, 3.63) is 57.1 Å². The Hall–Kier alpha value is -2.78. The van der Waals surface area contributed by atoms with Crippen LogP contribution in [0.4, 0.5) is 5.69 Å². The second kappa shape index (κ2) is 8.54. The number of nitrogens with zero attached hydrogens (tertiary/aromatic N) is 1. The minimum absolute atomic E-state index is 0.0291. The van der Waals surface area contributed by atoms with Gasteiger partial charge in [0.25, 0.3) is 5.91 Å². The van der Waals surface area contributed by atoms with E-state index in [2.05, 4.69) is 21.2 Å². The number of carbonyl (C=O) groups excluding carboxylic acids is 1. The van der Waals surface area contributed by atoms with Crippen LogP contribution in [0, 0.1) is 25.2 Å². The summed E-state index contributed by atoms with van der Waals surface area (Å²) in [5.74, 6) is 0.610. The molecule has 0 unspecified atom stereocenters. The summed E-state index contributed by atoms with van der Waals surface area (Å²) in [5.41, 5.74) is 3.39. The van der Waals surface area contributed by atoms with Crippen LogP contribution in [0.5, 0.6) is 11.5 Å². The molecule has 0 radical (unpaired) electrons. The van der Waals surface area contributed by atoms with Crippen molar-refractivity contribution in [2.75, 3.05) is 19.5 Å². The third kappa shape index (κ3) is 4.44. The number of nitriles is 1. The van der Waals surface area contributed by atoms with Crippen LogP contribution in [0.1, 0.15) is 16.7 Å². The second-order valence-electron chi connectivity index (χ2n) is 5.65. The molecule has 2 rings (SSSR count). The number of hydrogen-bond donors (Lipinski definition) is 1. The second-order valence-corrected chi connectivity index (χ2v) is 6.51. The molecule has 0 saturated heterocycles. The number of methoxy groups -OCH3 is 2. The van der Waals surface area contributed by atoms with E-state index in [0.717, 1.165) is 11.1 Å². The van der Waals surface area contributed by atoms with Gasteiger partial charge in [-0.3, -0.25) is 4.79 Å². The summed E-state index contributed by atoms with van der Waals surface area (Å²) in [6, 6.07) is 11.0. The third-order valence-electron chi connectivity index (χ3n) is 3.93. The number of benzene rings is 2. The standard InChI is InChI=1S/C20H19BrN2O3/c1-12-5-6-16(7-13(12)2)23-20(24)15(11-22)8-14-9-17(21)19(26-4)10-18(14)25-3/h5-10H,1-4H3,(H,23,24)/b15-8+. The molecule has 0 aliphatic carbocycles. The highest BCUT2D eigenvalue weighted by Crippen LogP contribution is 2.34. The Balaban J connectivity index is 2.35. The van der Waals surface area contributed by atoms with Gasteiger partial charge in [0.05, 0.1) is 18.7 Å². The number of rotatable bonds is 5. The molecule has 0 spiro atoms. The fourth-order valence-corrected chi connectivity index (χ4v) is 2.84. The molecule has 0 saturated carbocycles. The molecule has 0 atom stereocenters. The van der Waals surface area contributed by atoms with Crippen LogP contribution in [-0.4, -0.2) is 20.1 Å². The molecule has 134 valence electrons. The zero-order chi connectivity index (χ0) is 19.3. The van der Waals surface area contributed by atoms with Crippen molar-refractivity contribution >= 4 is 33.6 Å². The number of hydrogen-bond acceptors (Lipinski definition) is 4. The molecule has 6 heteroatoms. The van der Waals surface area contributed by atoms with E-state index in [1.807, 2.05) is 32.0 Å². The van der Waals surface area contributed by atoms with Gasteiger partial charge in [0.2, 0.25) is 0 Å². The molecule has 2 aromatic carbocycles. The summed E-state index contributed by atoms with van der Waals surface area (Å²) in [7, 11) is 3.06. The molecular weight excluding hydrogens is 396 g/mol. The zero-order valence-corrected chi connectivity index (χ0v) is 16.6. The lowest BCUT2D eigenvalue weighted by Crippen LogP contribution is -2.13. The van der Waals surface area contributed by atoms with Crippen LogP contribution in [-0.2, 0) is 4.79 Å². The quantitative estimate of drug-likeness (QED) is 0.571. The topological polar surface area (TPSA) is 71.3 Å². The molecule has 0 aliphatic rings. The Morgan fingerprint density at radius 3 is 2.38 bits per heavy atom. The lowest BCUT2D eigenvalue weighted by Gasteiger charge is -2.11. The number of nitrogens with one attached hydrogen (secondary N) is 1. The van der Waals surface area contributed by atoms with Gasteiger partial charge >= 0.3 is 0 Å². The molecule has 0 heterocycles. The Labute approximate surface area is 161 Å². The van der Waals surface area contributed by atoms with Crippen LogP contribution >= 0.6 is 15.9 Å². The number of aryl methyl sites for hydroxylation is 2. The average molecular weight is 415 g/mol. The van der Waals surface area contributed by atoms with Crippen molar-refractivity contribution in [3.63, 3.8) is 0 Å². The fraction of sp³-hybridized carbons (Fsp3) is 0.200. The van der Waals surface area contributed by atoms with Gasteiger partial charge in [-0.25, -0.2) is 0 Å². The highest BCUT2D eigenvalue weighted by atomic mass is 79.9. The average Bonchev–Trinajstić information content (AvgIpc) is 2.62. The number of carbonyl (C=O) groups is 1. The van der Waals surface area contributed by atoms with Gasteiger partial charge in [-0.2, -0.15) is 5.26 Å². The van der Waals surface area contributed by atoms with Gasteiger partial charge in [0.15, 0.2) is 0 Å². The Bertz CT molecular complexity index is 914. The van der Waals surface area contributed by atoms with Crippen molar-refractivity contribution in [1.82, 2.24) is 0 Å². The van der Waals surface area contributed by atoms with Crippen molar-refractivity contribution in [2.45, 2.75) is 13.8 Å². The first-order valence-electron chi connectivity index (χ1n) is 7.81. The first-order chi connectivity index (χ1) is 12.4. The summed E-state index contributed by atoms with van der Waals surface area (Å²) in [5, 5.41) is 12.2. The van der Waals surface area contributed by atoms with E-state index in [1.165, 1.54) is 13.2 Å². The normalized spacial score (nSPS) is 10.8. The minimum Gasteiger partial charge on any atom is -0.496 e. The summed E-state index contributed by atoms with van der Waals surface area (Å²) < 4.78 is 11.3. The predicted molar refractivity (Wildman–Crippen MR) is 105 cm³/mol. The van der Waals surface area contributed by atoms with Crippen molar-refractivity contribution in [2.24, 2.45) is 0 Å². The maximum Gasteiger partial charge on any atom is 0.266 e. The van der Waals surface area contributed by atoms with Gasteiger partial charge in [-0.05, 0) is 65.2 Å². The summed E-state index contributed by atoms with van der Waals surface area (Å²) >= 11 is 3.39. The van der Waals surface area contributed by atoms with E-state index in [9.17, 15) is 10.1 Å². The molecule has 5 nitrogen and oxygen atoms in total. The predicted octanol–water partition coefficient (Wildman–Crippen LogP) is 4.63. The van der Waals surface area contributed by atoms with E-state index in [1.54, 1.807) is 25.3 Å². The maximum absolute atomic E-state index is 12.5. The highest BCUT2D eigenvalue weighted by molar-refractivity contribution is 9.10. The van der Waals surface area contributed by atoms with Crippen molar-refractivity contribution in [3.8, 4) is 17.6 Å². The van der Waals surface area contributed by atoms with Gasteiger partial charge < -0.3 is 14.8 Å². The molecule has 2 aromatic rings. The Morgan fingerprint density at radius 1 is 1.12 bits per heavy atom. The van der Waals surface area contributed by atoms with Crippen LogP contribution in [0.25, 0.3) is 6.08 Å². The Kier molecular flexibility index (Phi) is 6.42. The van der Waals surface area contributed by atoms with Gasteiger partial charge in [0, 0.05) is 17.3 Å². The highest BCUT2D eigenvalue weighted by Gasteiger charge is 2.14. The molecule has 0 fully saturated rings. The summed E-state index contributed by atoms with van der Waals surface area (Å²) in [6.07, 6.45) is 1.49. The summed E-state index contributed by atoms with van der Waals surface area (Å²) in [4.78, 5) is 12.5. The van der Waals surface area contributed by atoms with E-state index in [-0.39, 0.29) is 5.57 Å². The van der Waals surface area contributed by atoms with Crippen LogP contribution in [0.3, 0.4) is 0 Å². The monoisotopic (exact) mass is 414 g/mol. The molecule has 1 N–H and O–H groups in total. The van der Waals surface area contributed by atoms with E-state index in [0.29, 0.717) is 27.2 Å².